The molecule has 1 aliphatic rings. The van der Waals surface area contributed by atoms with Gasteiger partial charge in [-0.1, -0.05) is 30.3 Å². The van der Waals surface area contributed by atoms with Crippen molar-refractivity contribution in [3.63, 3.8) is 0 Å². The summed E-state index contributed by atoms with van der Waals surface area (Å²) in [5.74, 6) is -0.0586. The second-order valence-electron chi connectivity index (χ2n) is 10.6. The molecular weight excluding hydrogens is 568 g/mol. The molecule has 218 valence electrons. The first-order valence-electron chi connectivity index (χ1n) is 13.7. The van der Waals surface area contributed by atoms with Gasteiger partial charge in [0.2, 0.25) is 5.89 Å². The predicted molar refractivity (Wildman–Crippen MR) is 157 cm³/mol. The van der Waals surface area contributed by atoms with Crippen LogP contribution in [0.2, 0.25) is 0 Å². The lowest BCUT2D eigenvalue weighted by atomic mass is 9.93. The molecule has 1 aliphatic heterocycles. The van der Waals surface area contributed by atoms with Crippen molar-refractivity contribution in [2.24, 2.45) is 0 Å². The minimum atomic E-state index is -1.23. The molecule has 0 bridgehead atoms. The van der Waals surface area contributed by atoms with Crippen molar-refractivity contribution >= 4 is 23.3 Å². The molecule has 12 nitrogen and oxygen atoms in total. The van der Waals surface area contributed by atoms with E-state index in [-0.39, 0.29) is 35.8 Å². The molecular formula is C30H28N8O4S. The van der Waals surface area contributed by atoms with Crippen LogP contribution in [0.4, 0.5) is 4.79 Å². The van der Waals surface area contributed by atoms with Gasteiger partial charge in [0, 0.05) is 47.6 Å². The van der Waals surface area contributed by atoms with E-state index in [0.717, 1.165) is 29.1 Å². The fourth-order valence-electron chi connectivity index (χ4n) is 5.26. The molecule has 5 heterocycles. The zero-order valence-electron chi connectivity index (χ0n) is 23.5. The number of carboxylic acid groups (broad SMARTS) is 1. The van der Waals surface area contributed by atoms with Gasteiger partial charge < -0.3 is 19.7 Å². The number of benzene rings is 1. The van der Waals surface area contributed by atoms with Crippen molar-refractivity contribution in [2.75, 3.05) is 6.54 Å². The summed E-state index contributed by atoms with van der Waals surface area (Å²) in [6, 6.07) is 12.6. The number of hydrogen-bond acceptors (Lipinski definition) is 10. The number of amides is 2. The Bertz CT molecular complexity index is 1760. The van der Waals surface area contributed by atoms with Crippen molar-refractivity contribution in [3.05, 3.63) is 94.3 Å². The topological polar surface area (TPSA) is 160 Å². The van der Waals surface area contributed by atoms with Crippen molar-refractivity contribution in [3.8, 4) is 22.8 Å². The van der Waals surface area contributed by atoms with Crippen LogP contribution >= 0.6 is 11.3 Å². The van der Waals surface area contributed by atoms with E-state index in [2.05, 4.69) is 30.5 Å². The number of carbonyl (C=O) groups is 2. The quantitative estimate of drug-likeness (QED) is 0.248. The third-order valence-corrected chi connectivity index (χ3v) is 8.33. The maximum Gasteiger partial charge on any atom is 0.405 e. The van der Waals surface area contributed by atoms with E-state index in [1.165, 1.54) is 6.33 Å². The Kier molecular flexibility index (Phi) is 7.63. The number of carbonyl (C=O) groups excluding carboxylic acids is 1. The van der Waals surface area contributed by atoms with E-state index in [1.54, 1.807) is 42.8 Å². The van der Waals surface area contributed by atoms with Crippen LogP contribution in [0, 0.1) is 6.92 Å². The Morgan fingerprint density at radius 3 is 2.60 bits per heavy atom. The fourth-order valence-corrected chi connectivity index (χ4v) is 6.21. The largest absolute Gasteiger partial charge is 0.465 e. The van der Waals surface area contributed by atoms with Crippen LogP contribution < -0.4 is 5.32 Å². The van der Waals surface area contributed by atoms with E-state index in [9.17, 15) is 14.7 Å². The van der Waals surface area contributed by atoms with Gasteiger partial charge in [0.25, 0.3) is 11.8 Å². The number of aryl methyl sites for hydroxylation is 1. The molecule has 1 saturated heterocycles. The first-order valence-corrected chi connectivity index (χ1v) is 14.6. The smallest absolute Gasteiger partial charge is 0.405 e. The summed E-state index contributed by atoms with van der Waals surface area (Å²) < 4.78 is 6.08. The van der Waals surface area contributed by atoms with Gasteiger partial charge in [0.05, 0.1) is 11.7 Å². The fraction of sp³-hybridized carbons (Fsp3) is 0.267. The van der Waals surface area contributed by atoms with E-state index >= 15 is 0 Å². The molecule has 0 saturated carbocycles. The Labute approximate surface area is 250 Å². The lowest BCUT2D eigenvalue weighted by Crippen LogP contribution is -2.44. The molecule has 2 amide bonds. The van der Waals surface area contributed by atoms with Gasteiger partial charge in [-0.3, -0.25) is 4.79 Å². The lowest BCUT2D eigenvalue weighted by Gasteiger charge is -2.25. The summed E-state index contributed by atoms with van der Waals surface area (Å²) in [5.41, 5.74) is 2.30. The van der Waals surface area contributed by atoms with Crippen LogP contribution in [0.3, 0.4) is 0 Å². The maximum atomic E-state index is 14.0. The van der Waals surface area contributed by atoms with Crippen molar-refractivity contribution < 1.29 is 19.1 Å². The van der Waals surface area contributed by atoms with Gasteiger partial charge in [-0.15, -0.1) is 21.5 Å². The summed E-state index contributed by atoms with van der Waals surface area (Å²) in [6.07, 6.45) is 5.38. The lowest BCUT2D eigenvalue weighted by molar-refractivity contribution is 0.0735. The summed E-state index contributed by atoms with van der Waals surface area (Å²) in [4.78, 5) is 45.2. The van der Waals surface area contributed by atoms with Crippen LogP contribution in [0.15, 0.2) is 71.0 Å². The second kappa shape index (κ2) is 11.7. The molecule has 13 heteroatoms. The number of pyridine rings is 1. The Morgan fingerprint density at radius 2 is 1.88 bits per heavy atom. The third-order valence-electron chi connectivity index (χ3n) is 7.26. The summed E-state index contributed by atoms with van der Waals surface area (Å²) in [7, 11) is 0. The van der Waals surface area contributed by atoms with Crippen LogP contribution in [0.25, 0.3) is 22.8 Å². The van der Waals surface area contributed by atoms with E-state index in [4.69, 9.17) is 9.40 Å². The SMILES string of the molecule is Cc1csc([C@H]2CCCN2C(=O)c2cc(-c3cncnc3)nc(-c3nnc([C@@](C)(Cc4ccccc4)NC(=O)O)o3)c2)n1. The highest BCUT2D eigenvalue weighted by Crippen LogP contribution is 2.36. The normalized spacial score (nSPS) is 16.1. The average Bonchev–Trinajstić information content (AvgIpc) is 3.78. The molecule has 0 aliphatic carbocycles. The number of thiazole rings is 1. The molecule has 0 spiro atoms. The van der Waals surface area contributed by atoms with Gasteiger partial charge in [-0.2, -0.15) is 0 Å². The first kappa shape index (κ1) is 28.1. The number of likely N-dealkylation sites (tertiary alicyclic amines) is 1. The minimum Gasteiger partial charge on any atom is -0.465 e. The van der Waals surface area contributed by atoms with Gasteiger partial charge >= 0.3 is 6.09 Å². The third kappa shape index (κ3) is 5.97. The number of aromatic nitrogens is 6. The van der Waals surface area contributed by atoms with Gasteiger partial charge in [-0.05, 0) is 44.4 Å². The van der Waals surface area contributed by atoms with Crippen LogP contribution in [-0.4, -0.2) is 58.7 Å². The number of nitrogens with one attached hydrogen (secondary N) is 1. The number of hydrogen-bond donors (Lipinski definition) is 2. The first-order chi connectivity index (χ1) is 20.8. The van der Waals surface area contributed by atoms with E-state index < -0.39 is 11.6 Å². The van der Waals surface area contributed by atoms with E-state index in [1.807, 2.05) is 47.5 Å². The van der Waals surface area contributed by atoms with Gasteiger partial charge in [0.1, 0.15) is 22.6 Å². The minimum absolute atomic E-state index is 0.0442. The Hall–Kier alpha value is -5.04. The van der Waals surface area contributed by atoms with Gasteiger partial charge in [0.15, 0.2) is 0 Å². The standard InChI is InChI=1S/C30H28N8O4S/c1-18-16-43-26(33-18)24-9-6-10-38(24)27(39)20-11-22(21-14-31-17-32-15-21)34-23(12-20)25-36-37-28(42-25)30(2,35-29(40)41)13-19-7-4-3-5-8-19/h3-5,7-8,11-12,14-17,24,35H,6,9-10,13H2,1-2H3,(H,40,41)/t24-,30-/m1/s1. The molecule has 0 unspecified atom stereocenters. The van der Waals surface area contributed by atoms with Crippen molar-refractivity contribution in [2.45, 2.75) is 44.7 Å². The monoisotopic (exact) mass is 596 g/mol. The summed E-state index contributed by atoms with van der Waals surface area (Å²) in [6.45, 7) is 4.23. The zero-order chi connectivity index (χ0) is 30.0. The van der Waals surface area contributed by atoms with Crippen LogP contribution in [-0.2, 0) is 12.0 Å². The summed E-state index contributed by atoms with van der Waals surface area (Å²) >= 11 is 1.56. The zero-order valence-corrected chi connectivity index (χ0v) is 24.3. The van der Waals surface area contributed by atoms with Gasteiger partial charge in [-0.25, -0.2) is 24.7 Å². The molecule has 1 fully saturated rings. The Morgan fingerprint density at radius 1 is 1.12 bits per heavy atom. The molecule has 4 aromatic heterocycles. The highest BCUT2D eigenvalue weighted by Gasteiger charge is 2.36. The molecule has 0 radical (unpaired) electrons. The maximum absolute atomic E-state index is 14.0. The molecule has 1 aromatic carbocycles. The number of rotatable bonds is 8. The van der Waals surface area contributed by atoms with Crippen molar-refractivity contribution in [1.29, 1.82) is 0 Å². The highest BCUT2D eigenvalue weighted by atomic mass is 32.1. The Balaban J connectivity index is 1.39. The molecule has 2 N–H and O–H groups in total. The summed E-state index contributed by atoms with van der Waals surface area (Å²) in [5, 5.41) is 23.5. The predicted octanol–water partition coefficient (Wildman–Crippen LogP) is 5.06. The van der Waals surface area contributed by atoms with Crippen LogP contribution in [0.5, 0.6) is 0 Å². The van der Waals surface area contributed by atoms with Crippen molar-refractivity contribution in [1.82, 2.24) is 40.3 Å². The molecule has 43 heavy (non-hydrogen) atoms. The molecule has 5 aromatic rings. The molecule has 6 rings (SSSR count). The van der Waals surface area contributed by atoms with E-state index in [0.29, 0.717) is 23.4 Å². The number of nitrogens with zero attached hydrogens (tertiary/aromatic N) is 7. The highest BCUT2D eigenvalue weighted by molar-refractivity contribution is 7.09. The van der Waals surface area contributed by atoms with Crippen LogP contribution in [0.1, 0.15) is 58.3 Å². The molecule has 2 atom stereocenters. The average molecular weight is 597 g/mol. The second-order valence-corrected chi connectivity index (χ2v) is 11.5.